The molecule has 0 spiro atoms. The first-order valence-corrected chi connectivity index (χ1v) is 8.58. The van der Waals surface area contributed by atoms with Crippen LogP contribution in [0.25, 0.3) is 11.5 Å². The summed E-state index contributed by atoms with van der Waals surface area (Å²) in [6.07, 6.45) is 3.55. The second-order valence-electron chi connectivity index (χ2n) is 6.70. The predicted molar refractivity (Wildman–Crippen MR) is 88.7 cm³/mol. The normalized spacial score (nSPS) is 20.3. The summed E-state index contributed by atoms with van der Waals surface area (Å²) in [5.41, 5.74) is 0.730. The summed E-state index contributed by atoms with van der Waals surface area (Å²) in [6, 6.07) is 6.75. The van der Waals surface area contributed by atoms with Crippen molar-refractivity contribution >= 4 is 5.69 Å². The molecule has 0 radical (unpaired) electrons. The molecule has 0 N–H and O–H groups in total. The summed E-state index contributed by atoms with van der Waals surface area (Å²) >= 11 is 0. The molecule has 1 saturated heterocycles. The standard InChI is InChI=1S/C17H20N4O4/c22-21(23)15-3-1-13(2-4-15)17-19-18-16(25-17)10-20(14-5-6-14)9-12-7-8-24-11-12/h1-4,12,14H,5-11H2. The molecule has 2 aromatic rings. The zero-order valence-corrected chi connectivity index (χ0v) is 13.8. The summed E-state index contributed by atoms with van der Waals surface area (Å²) in [6.45, 7) is 3.33. The number of aromatic nitrogens is 2. The second kappa shape index (κ2) is 6.89. The molecular weight excluding hydrogens is 324 g/mol. The summed E-state index contributed by atoms with van der Waals surface area (Å²) in [7, 11) is 0. The Bertz CT molecular complexity index is 735. The number of ether oxygens (including phenoxy) is 1. The first kappa shape index (κ1) is 16.2. The van der Waals surface area contributed by atoms with E-state index in [2.05, 4.69) is 15.1 Å². The number of nitrogens with zero attached hydrogens (tertiary/aromatic N) is 4. The van der Waals surface area contributed by atoms with Crippen LogP contribution < -0.4 is 0 Å². The molecule has 1 aromatic carbocycles. The zero-order chi connectivity index (χ0) is 17.2. The highest BCUT2D eigenvalue weighted by Gasteiger charge is 2.32. The van der Waals surface area contributed by atoms with E-state index in [-0.39, 0.29) is 5.69 Å². The minimum atomic E-state index is -0.427. The molecule has 4 rings (SSSR count). The Morgan fingerprint density at radius 2 is 2.00 bits per heavy atom. The summed E-state index contributed by atoms with van der Waals surface area (Å²) in [5.74, 6) is 1.56. The van der Waals surface area contributed by atoms with Gasteiger partial charge in [0.05, 0.1) is 18.1 Å². The number of nitro groups is 1. The van der Waals surface area contributed by atoms with Crippen LogP contribution in [0.1, 0.15) is 25.2 Å². The van der Waals surface area contributed by atoms with Gasteiger partial charge in [-0.2, -0.15) is 0 Å². The van der Waals surface area contributed by atoms with Crippen LogP contribution in [-0.2, 0) is 11.3 Å². The Balaban J connectivity index is 1.43. The summed E-state index contributed by atoms with van der Waals surface area (Å²) in [4.78, 5) is 12.7. The van der Waals surface area contributed by atoms with E-state index >= 15 is 0 Å². The van der Waals surface area contributed by atoms with Gasteiger partial charge < -0.3 is 9.15 Å². The van der Waals surface area contributed by atoms with Crippen LogP contribution in [-0.4, -0.2) is 45.8 Å². The molecule has 2 aliphatic rings. The molecule has 8 nitrogen and oxygen atoms in total. The van der Waals surface area contributed by atoms with Gasteiger partial charge in [-0.1, -0.05) is 0 Å². The molecule has 0 amide bonds. The van der Waals surface area contributed by atoms with Crippen LogP contribution >= 0.6 is 0 Å². The van der Waals surface area contributed by atoms with Gasteiger partial charge in [0.1, 0.15) is 0 Å². The molecule has 2 heterocycles. The van der Waals surface area contributed by atoms with Crippen molar-refractivity contribution < 1.29 is 14.1 Å². The van der Waals surface area contributed by atoms with E-state index in [9.17, 15) is 10.1 Å². The zero-order valence-electron chi connectivity index (χ0n) is 13.8. The Labute approximate surface area is 144 Å². The van der Waals surface area contributed by atoms with Crippen molar-refractivity contribution in [1.82, 2.24) is 15.1 Å². The molecule has 1 saturated carbocycles. The average Bonchev–Trinajstić information content (AvgIpc) is 3.14. The number of nitro benzene ring substituents is 1. The van der Waals surface area contributed by atoms with Crippen LogP contribution in [0.5, 0.6) is 0 Å². The molecule has 1 atom stereocenters. The van der Waals surface area contributed by atoms with Crippen molar-refractivity contribution in [2.75, 3.05) is 19.8 Å². The highest BCUT2D eigenvalue weighted by Crippen LogP contribution is 2.30. The molecule has 0 bridgehead atoms. The van der Waals surface area contributed by atoms with Crippen molar-refractivity contribution in [3.63, 3.8) is 0 Å². The fourth-order valence-corrected chi connectivity index (χ4v) is 3.17. The Morgan fingerprint density at radius 3 is 2.64 bits per heavy atom. The summed E-state index contributed by atoms with van der Waals surface area (Å²) < 4.78 is 11.2. The van der Waals surface area contributed by atoms with E-state index in [1.165, 1.54) is 25.0 Å². The smallest absolute Gasteiger partial charge is 0.269 e. The Hall–Kier alpha value is -2.32. The van der Waals surface area contributed by atoms with Crippen LogP contribution in [0.15, 0.2) is 28.7 Å². The van der Waals surface area contributed by atoms with Gasteiger partial charge in [-0.25, -0.2) is 0 Å². The third-order valence-electron chi connectivity index (χ3n) is 4.71. The Kier molecular flexibility index (Phi) is 4.46. The monoisotopic (exact) mass is 344 g/mol. The van der Waals surface area contributed by atoms with Crippen molar-refractivity contribution in [2.45, 2.75) is 31.8 Å². The van der Waals surface area contributed by atoms with Gasteiger partial charge in [-0.05, 0) is 37.3 Å². The largest absolute Gasteiger partial charge is 0.419 e. The van der Waals surface area contributed by atoms with Crippen molar-refractivity contribution in [1.29, 1.82) is 0 Å². The molecule has 1 aliphatic heterocycles. The molecule has 1 aromatic heterocycles. The lowest BCUT2D eigenvalue weighted by molar-refractivity contribution is -0.384. The van der Waals surface area contributed by atoms with Gasteiger partial charge in [0, 0.05) is 36.9 Å². The highest BCUT2D eigenvalue weighted by atomic mass is 16.6. The van der Waals surface area contributed by atoms with E-state index in [4.69, 9.17) is 9.15 Å². The fraction of sp³-hybridized carbons (Fsp3) is 0.529. The maximum atomic E-state index is 10.7. The third-order valence-corrected chi connectivity index (χ3v) is 4.71. The lowest BCUT2D eigenvalue weighted by atomic mass is 10.1. The van der Waals surface area contributed by atoms with Gasteiger partial charge in [-0.3, -0.25) is 15.0 Å². The quantitative estimate of drug-likeness (QED) is 0.563. The lowest BCUT2D eigenvalue weighted by Gasteiger charge is -2.22. The van der Waals surface area contributed by atoms with Crippen LogP contribution in [0.2, 0.25) is 0 Å². The van der Waals surface area contributed by atoms with Crippen LogP contribution in [0.4, 0.5) is 5.69 Å². The van der Waals surface area contributed by atoms with Crippen molar-refractivity contribution in [3.8, 4) is 11.5 Å². The number of hydrogen-bond acceptors (Lipinski definition) is 7. The average molecular weight is 344 g/mol. The van der Waals surface area contributed by atoms with Gasteiger partial charge in [-0.15, -0.1) is 10.2 Å². The number of hydrogen-bond donors (Lipinski definition) is 0. The number of rotatable bonds is 7. The second-order valence-corrected chi connectivity index (χ2v) is 6.70. The van der Waals surface area contributed by atoms with Crippen molar-refractivity contribution in [3.05, 3.63) is 40.3 Å². The molecule has 8 heteroatoms. The minimum absolute atomic E-state index is 0.0437. The molecular formula is C17H20N4O4. The number of non-ortho nitro benzene ring substituents is 1. The Morgan fingerprint density at radius 1 is 1.20 bits per heavy atom. The van der Waals surface area contributed by atoms with Crippen LogP contribution in [0.3, 0.4) is 0 Å². The van der Waals surface area contributed by atoms with Gasteiger partial charge in [0.15, 0.2) is 0 Å². The lowest BCUT2D eigenvalue weighted by Crippen LogP contribution is -2.31. The molecule has 132 valence electrons. The first-order chi connectivity index (χ1) is 12.2. The van der Waals surface area contributed by atoms with E-state index in [0.29, 0.717) is 35.8 Å². The fourth-order valence-electron chi connectivity index (χ4n) is 3.17. The first-order valence-electron chi connectivity index (χ1n) is 8.58. The third kappa shape index (κ3) is 3.85. The predicted octanol–water partition coefficient (Wildman–Crippen LogP) is 2.65. The SMILES string of the molecule is O=[N+]([O-])c1ccc(-c2nnc(CN(CC3CCOC3)C3CC3)o2)cc1. The maximum absolute atomic E-state index is 10.7. The number of benzene rings is 1. The summed E-state index contributed by atoms with van der Waals surface area (Å²) in [5, 5.41) is 19.0. The van der Waals surface area contributed by atoms with Crippen molar-refractivity contribution in [2.24, 2.45) is 5.92 Å². The highest BCUT2D eigenvalue weighted by molar-refractivity contribution is 5.55. The molecule has 1 aliphatic carbocycles. The van der Waals surface area contributed by atoms with Crippen LogP contribution in [0, 0.1) is 16.0 Å². The van der Waals surface area contributed by atoms with E-state index in [1.54, 1.807) is 12.1 Å². The minimum Gasteiger partial charge on any atom is -0.419 e. The molecule has 2 fully saturated rings. The molecule has 25 heavy (non-hydrogen) atoms. The molecule has 1 unspecified atom stereocenters. The van der Waals surface area contributed by atoms with E-state index < -0.39 is 4.92 Å². The van der Waals surface area contributed by atoms with Gasteiger partial charge >= 0.3 is 0 Å². The van der Waals surface area contributed by atoms with E-state index in [1.807, 2.05) is 0 Å². The van der Waals surface area contributed by atoms with E-state index in [0.717, 1.165) is 26.2 Å². The van der Waals surface area contributed by atoms with Gasteiger partial charge in [0.25, 0.3) is 5.69 Å². The maximum Gasteiger partial charge on any atom is 0.269 e. The topological polar surface area (TPSA) is 94.5 Å². The van der Waals surface area contributed by atoms with Gasteiger partial charge in [0.2, 0.25) is 11.8 Å².